The fourth-order valence-electron chi connectivity index (χ4n) is 2.82. The van der Waals surface area contributed by atoms with Crippen molar-refractivity contribution in [1.82, 2.24) is 4.90 Å². The monoisotopic (exact) mass is 408 g/mol. The third kappa shape index (κ3) is 4.23. The van der Waals surface area contributed by atoms with Gasteiger partial charge in [-0.1, -0.05) is 6.07 Å². The van der Waals surface area contributed by atoms with Crippen molar-refractivity contribution >= 4 is 18.0 Å². The number of aromatic hydroxyl groups is 1. The molecule has 0 aromatic heterocycles. The van der Waals surface area contributed by atoms with E-state index in [2.05, 4.69) is 9.47 Å². The average molecular weight is 408 g/mol. The fourth-order valence-corrected chi connectivity index (χ4v) is 2.82. The van der Waals surface area contributed by atoms with E-state index < -0.39 is 34.6 Å². The van der Waals surface area contributed by atoms with Crippen LogP contribution < -0.4 is 0 Å². The van der Waals surface area contributed by atoms with Crippen molar-refractivity contribution in [3.8, 4) is 5.75 Å². The van der Waals surface area contributed by atoms with Crippen LogP contribution in [0.5, 0.6) is 5.75 Å². The molecule has 0 fully saturated rings. The Kier molecular flexibility index (Phi) is 6.32. The van der Waals surface area contributed by atoms with E-state index in [0.29, 0.717) is 11.4 Å². The van der Waals surface area contributed by atoms with Gasteiger partial charge in [0.25, 0.3) is 0 Å². The van der Waals surface area contributed by atoms with Gasteiger partial charge in [-0.15, -0.1) is 0 Å². The van der Waals surface area contributed by atoms with Crippen molar-refractivity contribution in [2.45, 2.75) is 19.8 Å². The molecule has 156 valence electrons. The quantitative estimate of drug-likeness (QED) is 0.448. The van der Waals surface area contributed by atoms with Crippen LogP contribution in [0.1, 0.15) is 25.3 Å². The number of nitrogens with zero attached hydrogens (tertiary/aromatic N) is 2. The SMILES string of the molecule is COC(=O)OC1=C(C)N(C)C(C)=C(OC(=O)OC)C1c1ccc([N+](=O)[O-])c(O)c1. The van der Waals surface area contributed by atoms with Gasteiger partial charge >= 0.3 is 18.0 Å². The number of benzene rings is 1. The summed E-state index contributed by atoms with van der Waals surface area (Å²) < 4.78 is 19.7. The first-order chi connectivity index (χ1) is 13.6. The third-order valence-corrected chi connectivity index (χ3v) is 4.49. The molecule has 0 bridgehead atoms. The van der Waals surface area contributed by atoms with Gasteiger partial charge in [-0.25, -0.2) is 9.59 Å². The Balaban J connectivity index is 2.69. The molecule has 0 saturated heterocycles. The highest BCUT2D eigenvalue weighted by Gasteiger charge is 2.38. The van der Waals surface area contributed by atoms with Gasteiger partial charge in [0.2, 0.25) is 0 Å². The Hall–Kier alpha value is -3.76. The lowest BCUT2D eigenvalue weighted by atomic mass is 9.89. The summed E-state index contributed by atoms with van der Waals surface area (Å²) in [6, 6.07) is 3.59. The number of rotatable bonds is 4. The largest absolute Gasteiger partial charge is 0.513 e. The van der Waals surface area contributed by atoms with Gasteiger partial charge in [0.15, 0.2) is 5.75 Å². The zero-order valence-electron chi connectivity index (χ0n) is 16.4. The third-order valence-electron chi connectivity index (χ3n) is 4.49. The van der Waals surface area contributed by atoms with Crippen LogP contribution >= 0.6 is 0 Å². The number of phenols is 1. The minimum absolute atomic E-state index is 0.0529. The number of hydrogen-bond acceptors (Lipinski definition) is 10. The summed E-state index contributed by atoms with van der Waals surface area (Å²) in [5.41, 5.74) is 0.757. The molecule has 1 aliphatic rings. The van der Waals surface area contributed by atoms with Crippen LogP contribution in [-0.4, -0.2) is 48.5 Å². The number of carbonyl (C=O) groups excluding carboxylic acids is 2. The molecular formula is C18H20N2O9. The Morgan fingerprint density at radius 1 is 1.07 bits per heavy atom. The molecule has 0 atom stereocenters. The maximum atomic E-state index is 11.8. The van der Waals surface area contributed by atoms with E-state index in [-0.39, 0.29) is 17.1 Å². The molecule has 0 amide bonds. The number of ether oxygens (including phenoxy) is 4. The topological polar surface area (TPSA) is 138 Å². The van der Waals surface area contributed by atoms with Gasteiger partial charge < -0.3 is 29.0 Å². The van der Waals surface area contributed by atoms with Gasteiger partial charge in [0.1, 0.15) is 17.4 Å². The highest BCUT2D eigenvalue weighted by molar-refractivity contribution is 5.65. The maximum Gasteiger partial charge on any atom is 0.513 e. The molecule has 0 aliphatic carbocycles. The summed E-state index contributed by atoms with van der Waals surface area (Å²) in [4.78, 5) is 35.5. The van der Waals surface area contributed by atoms with Crippen LogP contribution in [0.4, 0.5) is 15.3 Å². The molecule has 2 rings (SSSR count). The number of hydrogen-bond donors (Lipinski definition) is 1. The molecule has 1 aromatic rings. The van der Waals surface area contributed by atoms with Crippen molar-refractivity contribution in [1.29, 1.82) is 0 Å². The molecule has 0 unspecified atom stereocenters. The second kappa shape index (κ2) is 8.50. The van der Waals surface area contributed by atoms with Gasteiger partial charge in [-0.2, -0.15) is 0 Å². The van der Waals surface area contributed by atoms with Crippen LogP contribution in [0.3, 0.4) is 0 Å². The Bertz CT molecular complexity index is 878. The standard InChI is InChI=1S/C18H20N2O9/c1-9-15(28-17(22)26-4)14(11-6-7-12(20(24)25)13(21)8-11)16(10(2)19(9)3)29-18(23)27-5/h6-8,14,21H,1-5H3. The highest BCUT2D eigenvalue weighted by atomic mass is 16.7. The van der Waals surface area contributed by atoms with Crippen LogP contribution in [0, 0.1) is 10.1 Å². The first-order valence-corrected chi connectivity index (χ1v) is 8.26. The van der Waals surface area contributed by atoms with Crippen molar-refractivity contribution in [2.24, 2.45) is 0 Å². The van der Waals surface area contributed by atoms with Gasteiger partial charge in [-0.3, -0.25) is 10.1 Å². The molecule has 11 nitrogen and oxygen atoms in total. The number of phenolic OH excluding ortho intramolecular Hbond substituents is 1. The average Bonchev–Trinajstić information content (AvgIpc) is 2.69. The molecule has 0 saturated carbocycles. The molecule has 0 radical (unpaired) electrons. The molecule has 29 heavy (non-hydrogen) atoms. The molecule has 11 heteroatoms. The van der Waals surface area contributed by atoms with E-state index in [9.17, 15) is 24.8 Å². The lowest BCUT2D eigenvalue weighted by molar-refractivity contribution is -0.385. The van der Waals surface area contributed by atoms with Crippen molar-refractivity contribution in [2.75, 3.05) is 21.3 Å². The van der Waals surface area contributed by atoms with E-state index in [0.717, 1.165) is 26.4 Å². The summed E-state index contributed by atoms with van der Waals surface area (Å²) in [6.07, 6.45) is -2.03. The lowest BCUT2D eigenvalue weighted by Gasteiger charge is -2.35. The number of nitro benzene ring substituents is 1. The summed E-state index contributed by atoms with van der Waals surface area (Å²) in [5.74, 6) is -1.48. The molecule has 1 N–H and O–H groups in total. The Labute approximate surface area is 165 Å². The van der Waals surface area contributed by atoms with E-state index in [1.807, 2.05) is 0 Å². The predicted molar refractivity (Wildman–Crippen MR) is 97.6 cm³/mol. The number of methoxy groups -OCH3 is 2. The molecule has 1 aliphatic heterocycles. The zero-order chi connectivity index (χ0) is 21.9. The van der Waals surface area contributed by atoms with Crippen LogP contribution in [0.2, 0.25) is 0 Å². The highest BCUT2D eigenvalue weighted by Crippen LogP contribution is 2.44. The summed E-state index contributed by atoms with van der Waals surface area (Å²) in [6.45, 7) is 3.32. The van der Waals surface area contributed by atoms with E-state index in [4.69, 9.17) is 9.47 Å². The zero-order valence-corrected chi connectivity index (χ0v) is 16.4. The predicted octanol–water partition coefficient (Wildman–Crippen LogP) is 3.36. The Morgan fingerprint density at radius 3 is 1.93 bits per heavy atom. The summed E-state index contributed by atoms with van der Waals surface area (Å²) >= 11 is 0. The molecular weight excluding hydrogens is 388 g/mol. The molecule has 0 spiro atoms. The second-order valence-electron chi connectivity index (χ2n) is 6.01. The maximum absolute atomic E-state index is 11.8. The smallest absolute Gasteiger partial charge is 0.502 e. The van der Waals surface area contributed by atoms with Crippen molar-refractivity contribution < 1.29 is 38.6 Å². The van der Waals surface area contributed by atoms with Crippen LogP contribution in [0.25, 0.3) is 0 Å². The van der Waals surface area contributed by atoms with E-state index >= 15 is 0 Å². The lowest BCUT2D eigenvalue weighted by Crippen LogP contribution is -2.30. The van der Waals surface area contributed by atoms with Crippen molar-refractivity contribution in [3.63, 3.8) is 0 Å². The van der Waals surface area contributed by atoms with Crippen LogP contribution in [0.15, 0.2) is 41.1 Å². The first-order valence-electron chi connectivity index (χ1n) is 8.26. The van der Waals surface area contributed by atoms with Crippen LogP contribution in [-0.2, 0) is 18.9 Å². The Morgan fingerprint density at radius 2 is 1.55 bits per heavy atom. The number of carbonyl (C=O) groups is 2. The number of allylic oxidation sites excluding steroid dienone is 2. The van der Waals surface area contributed by atoms with E-state index in [1.165, 1.54) is 6.07 Å². The molecule has 1 aromatic carbocycles. The minimum Gasteiger partial charge on any atom is -0.502 e. The van der Waals surface area contributed by atoms with Gasteiger partial charge in [-0.05, 0) is 25.5 Å². The molecule has 1 heterocycles. The summed E-state index contributed by atoms with van der Waals surface area (Å²) in [7, 11) is 3.92. The second-order valence-corrected chi connectivity index (χ2v) is 6.01. The van der Waals surface area contributed by atoms with Gasteiger partial charge in [0.05, 0.1) is 30.5 Å². The van der Waals surface area contributed by atoms with Gasteiger partial charge in [0, 0.05) is 13.1 Å². The first kappa shape index (κ1) is 21.5. The minimum atomic E-state index is -1.01. The van der Waals surface area contributed by atoms with E-state index in [1.54, 1.807) is 25.8 Å². The number of nitro groups is 1. The summed E-state index contributed by atoms with van der Waals surface area (Å²) in [5, 5.41) is 21.1. The van der Waals surface area contributed by atoms with Crippen molar-refractivity contribution in [3.05, 3.63) is 56.8 Å². The normalized spacial score (nSPS) is 14.6. The fraction of sp³-hybridized carbons (Fsp3) is 0.333.